The maximum Gasteiger partial charge on any atom is 0.145 e. The normalized spacial score (nSPS) is 10.4. The Balaban J connectivity index is 2.13. The summed E-state index contributed by atoms with van der Waals surface area (Å²) in [5.41, 5.74) is 6.62. The monoisotopic (exact) mass is 280 g/mol. The highest BCUT2D eigenvalue weighted by Gasteiger charge is 2.09. The first kappa shape index (κ1) is 12.6. The Hall–Kier alpha value is -2.46. The first-order chi connectivity index (χ1) is 9.75. The molecule has 0 bridgehead atoms. The molecule has 98 valence electrons. The molecule has 2 N–H and O–H groups in total. The highest BCUT2D eigenvalue weighted by Crippen LogP contribution is 2.31. The van der Waals surface area contributed by atoms with E-state index < -0.39 is 0 Å². The molecular formula is C16H12N2OS. The van der Waals surface area contributed by atoms with E-state index in [1.54, 1.807) is 12.4 Å². The molecule has 0 atom stereocenters. The van der Waals surface area contributed by atoms with E-state index in [4.69, 9.17) is 22.7 Å². The molecule has 3 aromatic rings. The van der Waals surface area contributed by atoms with Crippen LogP contribution in [0, 0.1) is 0 Å². The molecule has 0 saturated heterocycles. The van der Waals surface area contributed by atoms with Gasteiger partial charge in [-0.15, -0.1) is 0 Å². The van der Waals surface area contributed by atoms with E-state index in [0.717, 1.165) is 22.1 Å². The van der Waals surface area contributed by atoms with E-state index in [0.29, 0.717) is 10.7 Å². The van der Waals surface area contributed by atoms with Crippen molar-refractivity contribution in [2.45, 2.75) is 0 Å². The molecule has 3 rings (SSSR count). The molecule has 3 nitrogen and oxygen atoms in total. The number of pyridine rings is 1. The van der Waals surface area contributed by atoms with Crippen LogP contribution in [0.3, 0.4) is 0 Å². The summed E-state index contributed by atoms with van der Waals surface area (Å²) in [6.07, 6.45) is 3.39. The topological polar surface area (TPSA) is 48.1 Å². The van der Waals surface area contributed by atoms with Crippen LogP contribution in [0.1, 0.15) is 5.56 Å². The Kier molecular flexibility index (Phi) is 3.31. The van der Waals surface area contributed by atoms with Crippen molar-refractivity contribution in [2.24, 2.45) is 5.73 Å². The van der Waals surface area contributed by atoms with Gasteiger partial charge in [0.15, 0.2) is 0 Å². The lowest BCUT2D eigenvalue weighted by atomic mass is 10.0. The Bertz CT molecular complexity index is 772. The first-order valence-corrected chi connectivity index (χ1v) is 6.56. The fourth-order valence-corrected chi connectivity index (χ4v) is 2.29. The van der Waals surface area contributed by atoms with Crippen molar-refractivity contribution in [1.29, 1.82) is 0 Å². The van der Waals surface area contributed by atoms with Crippen molar-refractivity contribution in [3.63, 3.8) is 0 Å². The van der Waals surface area contributed by atoms with Crippen LogP contribution in [-0.4, -0.2) is 9.97 Å². The van der Waals surface area contributed by atoms with Crippen molar-refractivity contribution in [3.05, 3.63) is 66.5 Å². The summed E-state index contributed by atoms with van der Waals surface area (Å²) in [6.45, 7) is 0. The quantitative estimate of drug-likeness (QED) is 0.744. The van der Waals surface area contributed by atoms with E-state index in [9.17, 15) is 0 Å². The molecule has 0 aliphatic heterocycles. The second-order valence-electron chi connectivity index (χ2n) is 4.31. The van der Waals surface area contributed by atoms with Gasteiger partial charge in [-0.1, -0.05) is 36.5 Å². The van der Waals surface area contributed by atoms with Crippen LogP contribution < -0.4 is 10.5 Å². The van der Waals surface area contributed by atoms with Crippen molar-refractivity contribution >= 4 is 28.0 Å². The van der Waals surface area contributed by atoms with Crippen molar-refractivity contribution < 1.29 is 4.74 Å². The molecule has 0 aliphatic rings. The third-order valence-corrected chi connectivity index (χ3v) is 3.23. The average molecular weight is 280 g/mol. The zero-order valence-electron chi connectivity index (χ0n) is 10.6. The summed E-state index contributed by atoms with van der Waals surface area (Å²) < 4.78 is 5.88. The van der Waals surface area contributed by atoms with E-state index in [1.807, 2.05) is 48.5 Å². The number of nitrogens with zero attached hydrogens (tertiary/aromatic N) is 1. The summed E-state index contributed by atoms with van der Waals surface area (Å²) >= 11 is 5.09. The summed E-state index contributed by atoms with van der Waals surface area (Å²) in [6, 6.07) is 15.4. The third kappa shape index (κ3) is 2.33. The van der Waals surface area contributed by atoms with Gasteiger partial charge in [0, 0.05) is 17.1 Å². The van der Waals surface area contributed by atoms with Gasteiger partial charge in [-0.3, -0.25) is 4.98 Å². The first-order valence-electron chi connectivity index (χ1n) is 6.15. The fourth-order valence-electron chi connectivity index (χ4n) is 2.11. The molecule has 1 heterocycles. The molecule has 0 aliphatic carbocycles. The molecule has 20 heavy (non-hydrogen) atoms. The zero-order chi connectivity index (χ0) is 13.9. The summed E-state index contributed by atoms with van der Waals surface area (Å²) in [5, 5.41) is 1.96. The van der Waals surface area contributed by atoms with Gasteiger partial charge in [-0.2, -0.15) is 0 Å². The Labute approximate surface area is 122 Å². The number of ether oxygens (including phenoxy) is 1. The lowest BCUT2D eigenvalue weighted by Gasteiger charge is -2.11. The Morgan fingerprint density at radius 2 is 1.80 bits per heavy atom. The van der Waals surface area contributed by atoms with Crippen LogP contribution in [0.2, 0.25) is 0 Å². The Morgan fingerprint density at radius 3 is 2.50 bits per heavy atom. The third-order valence-electron chi connectivity index (χ3n) is 3.01. The SMILES string of the molecule is NC(=S)c1ccc(Oc2cccnc2)c2ccccc12. The largest absolute Gasteiger partial charge is 0.455 e. The highest BCUT2D eigenvalue weighted by molar-refractivity contribution is 7.80. The molecule has 2 aromatic carbocycles. The molecule has 0 amide bonds. The van der Waals surface area contributed by atoms with Gasteiger partial charge in [0.2, 0.25) is 0 Å². The van der Waals surface area contributed by atoms with Crippen LogP contribution in [-0.2, 0) is 0 Å². The molecule has 0 saturated carbocycles. The number of hydrogen-bond acceptors (Lipinski definition) is 3. The number of fused-ring (bicyclic) bond motifs is 1. The van der Waals surface area contributed by atoms with E-state index >= 15 is 0 Å². The summed E-state index contributed by atoms with van der Waals surface area (Å²) in [5.74, 6) is 1.45. The molecule has 4 heteroatoms. The second-order valence-corrected chi connectivity index (χ2v) is 4.75. The maximum absolute atomic E-state index is 5.88. The van der Waals surface area contributed by atoms with Gasteiger partial charge in [0.25, 0.3) is 0 Å². The van der Waals surface area contributed by atoms with Crippen molar-refractivity contribution in [1.82, 2.24) is 4.98 Å². The minimum atomic E-state index is 0.383. The Morgan fingerprint density at radius 1 is 1.00 bits per heavy atom. The van der Waals surface area contributed by atoms with E-state index in [-0.39, 0.29) is 0 Å². The van der Waals surface area contributed by atoms with Crippen LogP contribution in [0.4, 0.5) is 0 Å². The van der Waals surface area contributed by atoms with Gasteiger partial charge < -0.3 is 10.5 Å². The van der Waals surface area contributed by atoms with Gasteiger partial charge in [-0.05, 0) is 29.7 Å². The number of hydrogen-bond donors (Lipinski definition) is 1. The average Bonchev–Trinajstić information content (AvgIpc) is 2.48. The van der Waals surface area contributed by atoms with E-state index in [1.165, 1.54) is 0 Å². The molecule has 0 radical (unpaired) electrons. The van der Waals surface area contributed by atoms with Gasteiger partial charge in [0.05, 0.1) is 6.20 Å². The van der Waals surface area contributed by atoms with Crippen LogP contribution in [0.5, 0.6) is 11.5 Å². The van der Waals surface area contributed by atoms with Crippen LogP contribution in [0.15, 0.2) is 60.9 Å². The number of rotatable bonds is 3. The van der Waals surface area contributed by atoms with Gasteiger partial charge in [0.1, 0.15) is 16.5 Å². The predicted octanol–water partition coefficient (Wildman–Crippen LogP) is 3.66. The lowest BCUT2D eigenvalue weighted by Crippen LogP contribution is -2.09. The molecule has 0 fully saturated rings. The van der Waals surface area contributed by atoms with Crippen LogP contribution in [0.25, 0.3) is 10.8 Å². The van der Waals surface area contributed by atoms with Gasteiger partial charge in [-0.25, -0.2) is 0 Å². The summed E-state index contributed by atoms with van der Waals surface area (Å²) in [4.78, 5) is 4.42. The minimum absolute atomic E-state index is 0.383. The maximum atomic E-state index is 5.88. The molecule has 1 aromatic heterocycles. The fraction of sp³-hybridized carbons (Fsp3) is 0. The van der Waals surface area contributed by atoms with Crippen molar-refractivity contribution in [2.75, 3.05) is 0 Å². The van der Waals surface area contributed by atoms with Crippen molar-refractivity contribution in [3.8, 4) is 11.5 Å². The molecular weight excluding hydrogens is 268 g/mol. The number of aromatic nitrogens is 1. The summed E-state index contributed by atoms with van der Waals surface area (Å²) in [7, 11) is 0. The minimum Gasteiger partial charge on any atom is -0.455 e. The van der Waals surface area contributed by atoms with E-state index in [2.05, 4.69) is 4.98 Å². The second kappa shape index (κ2) is 5.27. The molecule has 0 unspecified atom stereocenters. The standard InChI is InChI=1S/C16H12N2OS/c17-16(20)14-7-8-15(13-6-2-1-5-12(13)14)19-11-4-3-9-18-10-11/h1-10H,(H2,17,20). The molecule has 0 spiro atoms. The highest BCUT2D eigenvalue weighted by atomic mass is 32.1. The lowest BCUT2D eigenvalue weighted by molar-refractivity contribution is 0.486. The number of nitrogens with two attached hydrogens (primary N) is 1. The van der Waals surface area contributed by atoms with Gasteiger partial charge >= 0.3 is 0 Å². The number of benzene rings is 2. The number of thiocarbonyl (C=S) groups is 1. The van der Waals surface area contributed by atoms with Crippen LogP contribution >= 0.6 is 12.2 Å². The zero-order valence-corrected chi connectivity index (χ0v) is 11.4. The predicted molar refractivity (Wildman–Crippen MR) is 84.1 cm³/mol. The smallest absolute Gasteiger partial charge is 0.145 e.